The molecule has 0 bridgehead atoms. The minimum absolute atomic E-state index is 0.00467. The molecule has 2 aromatic rings. The molecule has 6 nitrogen and oxygen atoms in total. The van der Waals surface area contributed by atoms with E-state index in [-0.39, 0.29) is 11.6 Å². The predicted octanol–water partition coefficient (Wildman–Crippen LogP) is 1.16. The number of sulfonamides is 1. The highest BCUT2D eigenvalue weighted by Crippen LogP contribution is 2.22. The largest absolute Gasteiger partial charge is 0.394 e. The molecule has 2 rings (SSSR count). The van der Waals surface area contributed by atoms with Crippen LogP contribution in [0.25, 0.3) is 0 Å². The average Bonchev–Trinajstić information content (AvgIpc) is 2.97. The molecule has 1 aromatic carbocycles. The zero-order chi connectivity index (χ0) is 15.5. The van der Waals surface area contributed by atoms with Gasteiger partial charge in [0.2, 0.25) is 0 Å². The molecule has 0 aliphatic rings. The fourth-order valence-corrected chi connectivity index (χ4v) is 3.33. The molecule has 1 heterocycles. The maximum absolute atomic E-state index is 12.4. The number of nitrogens with one attached hydrogen (secondary N) is 2. The van der Waals surface area contributed by atoms with Crippen LogP contribution >= 0.6 is 0 Å². The van der Waals surface area contributed by atoms with Gasteiger partial charge in [-0.25, -0.2) is 13.4 Å². The molecule has 114 valence electrons. The van der Waals surface area contributed by atoms with Crippen molar-refractivity contribution in [3.63, 3.8) is 0 Å². The first kappa shape index (κ1) is 15.7. The van der Waals surface area contributed by atoms with E-state index < -0.39 is 15.6 Å². The smallest absolute Gasteiger partial charge is 0.258 e. The lowest BCUT2D eigenvalue weighted by Crippen LogP contribution is -2.46. The number of benzene rings is 1. The highest BCUT2D eigenvalue weighted by molar-refractivity contribution is 7.89. The fourth-order valence-electron chi connectivity index (χ4n) is 2.00. The molecule has 1 unspecified atom stereocenters. The van der Waals surface area contributed by atoms with Crippen LogP contribution < -0.4 is 4.72 Å². The summed E-state index contributed by atoms with van der Waals surface area (Å²) >= 11 is 0. The maximum Gasteiger partial charge on any atom is 0.258 e. The number of aromatic nitrogens is 2. The molecule has 0 aliphatic heterocycles. The number of hydrogen-bond donors (Lipinski definition) is 3. The number of aliphatic hydroxyl groups is 1. The summed E-state index contributed by atoms with van der Waals surface area (Å²) in [5.41, 5.74) is -0.413. The molecule has 7 heteroatoms. The predicted molar refractivity (Wildman–Crippen MR) is 79.2 cm³/mol. The summed E-state index contributed by atoms with van der Waals surface area (Å²) in [6.45, 7) is 3.16. The third kappa shape index (κ3) is 3.31. The lowest BCUT2D eigenvalue weighted by molar-refractivity contribution is 0.196. The van der Waals surface area contributed by atoms with Gasteiger partial charge in [0.15, 0.2) is 5.03 Å². The van der Waals surface area contributed by atoms with Crippen LogP contribution in [0.15, 0.2) is 41.6 Å². The Hall–Kier alpha value is -1.70. The number of rotatable bonds is 6. The van der Waals surface area contributed by atoms with E-state index in [1.807, 2.05) is 13.0 Å². The number of H-pyrrole nitrogens is 1. The first-order valence-corrected chi connectivity index (χ1v) is 8.14. The average molecular weight is 309 g/mol. The summed E-state index contributed by atoms with van der Waals surface area (Å²) in [6.07, 6.45) is 1.90. The van der Waals surface area contributed by atoms with Crippen molar-refractivity contribution < 1.29 is 13.5 Å². The lowest BCUT2D eigenvalue weighted by Gasteiger charge is -2.28. The quantitative estimate of drug-likeness (QED) is 0.746. The summed E-state index contributed by atoms with van der Waals surface area (Å²) < 4.78 is 27.4. The van der Waals surface area contributed by atoms with E-state index in [0.717, 1.165) is 0 Å². The first-order valence-electron chi connectivity index (χ1n) is 6.65. The Morgan fingerprint density at radius 1 is 1.33 bits per heavy atom. The molecule has 1 aromatic heterocycles. The first-order chi connectivity index (χ1) is 9.91. The Morgan fingerprint density at radius 2 is 2.00 bits per heavy atom. The maximum atomic E-state index is 12.4. The van der Waals surface area contributed by atoms with Crippen LogP contribution in [0.2, 0.25) is 0 Å². The van der Waals surface area contributed by atoms with E-state index in [4.69, 9.17) is 0 Å². The fraction of sp³-hybridized carbons (Fsp3) is 0.357. The Labute approximate surface area is 124 Å². The number of aliphatic hydroxyl groups excluding tert-OH is 1. The van der Waals surface area contributed by atoms with E-state index in [0.29, 0.717) is 17.8 Å². The molecule has 0 radical (unpaired) electrons. The van der Waals surface area contributed by atoms with Crippen molar-refractivity contribution in [3.05, 3.63) is 47.9 Å². The topological polar surface area (TPSA) is 95.1 Å². The molecule has 0 saturated heterocycles. The monoisotopic (exact) mass is 309 g/mol. The Bertz CT molecular complexity index is 697. The van der Waals surface area contributed by atoms with Crippen molar-refractivity contribution >= 4 is 10.0 Å². The number of nitrogens with zero attached hydrogens (tertiary/aromatic N) is 1. The van der Waals surface area contributed by atoms with Crippen LogP contribution in [0.4, 0.5) is 0 Å². The lowest BCUT2D eigenvalue weighted by atomic mass is 9.94. The molecule has 1 atom stereocenters. The number of imidazole rings is 1. The highest BCUT2D eigenvalue weighted by Gasteiger charge is 2.32. The number of aromatic amines is 1. The molecule has 21 heavy (non-hydrogen) atoms. The van der Waals surface area contributed by atoms with Gasteiger partial charge in [0, 0.05) is 6.42 Å². The second kappa shape index (κ2) is 5.97. The number of aryl methyl sites for hydroxylation is 1. The highest BCUT2D eigenvalue weighted by atomic mass is 32.2. The summed E-state index contributed by atoms with van der Waals surface area (Å²) in [5, 5.41) is 9.64. The van der Waals surface area contributed by atoms with E-state index in [1.165, 1.54) is 6.20 Å². The van der Waals surface area contributed by atoms with E-state index in [1.54, 1.807) is 31.2 Å². The third-order valence-electron chi connectivity index (χ3n) is 3.32. The van der Waals surface area contributed by atoms with Gasteiger partial charge in [-0.15, -0.1) is 0 Å². The second-order valence-corrected chi connectivity index (χ2v) is 6.66. The standard InChI is InChI=1S/C14H19N3O3S/c1-3-12-15-9-13(16-12)21(19,20)17-14(2,10-18)11-7-5-4-6-8-11/h4-9,17-18H,3,10H2,1-2H3,(H,15,16). The van der Waals surface area contributed by atoms with Crippen molar-refractivity contribution in [2.24, 2.45) is 0 Å². The van der Waals surface area contributed by atoms with Crippen LogP contribution in [-0.4, -0.2) is 30.1 Å². The van der Waals surface area contributed by atoms with Crippen molar-refractivity contribution in [1.29, 1.82) is 0 Å². The molecular formula is C14H19N3O3S. The Kier molecular flexibility index (Phi) is 4.46. The molecule has 0 saturated carbocycles. The molecule has 3 N–H and O–H groups in total. The van der Waals surface area contributed by atoms with Gasteiger partial charge in [-0.2, -0.15) is 4.72 Å². The van der Waals surface area contributed by atoms with E-state index in [2.05, 4.69) is 14.7 Å². The summed E-state index contributed by atoms with van der Waals surface area (Å²) in [7, 11) is -3.80. The number of hydrogen-bond acceptors (Lipinski definition) is 4. The van der Waals surface area contributed by atoms with Gasteiger partial charge >= 0.3 is 0 Å². The second-order valence-electron chi connectivity index (χ2n) is 5.01. The van der Waals surface area contributed by atoms with Crippen LogP contribution in [0.3, 0.4) is 0 Å². The van der Waals surface area contributed by atoms with Crippen molar-refractivity contribution in [2.45, 2.75) is 30.8 Å². The van der Waals surface area contributed by atoms with Gasteiger partial charge in [0.25, 0.3) is 10.0 Å². The summed E-state index contributed by atoms with van der Waals surface area (Å²) in [4.78, 5) is 6.75. The minimum atomic E-state index is -3.80. The zero-order valence-corrected chi connectivity index (χ0v) is 12.8. The normalized spacial score (nSPS) is 14.8. The van der Waals surface area contributed by atoms with Crippen LogP contribution in [0, 0.1) is 0 Å². The Balaban J connectivity index is 2.33. The van der Waals surface area contributed by atoms with Gasteiger partial charge < -0.3 is 10.1 Å². The van der Waals surface area contributed by atoms with Crippen molar-refractivity contribution in [1.82, 2.24) is 14.7 Å². The zero-order valence-electron chi connectivity index (χ0n) is 12.0. The Morgan fingerprint density at radius 3 is 2.52 bits per heavy atom. The minimum Gasteiger partial charge on any atom is -0.394 e. The molecule has 0 amide bonds. The summed E-state index contributed by atoms with van der Waals surface area (Å²) in [6, 6.07) is 8.95. The van der Waals surface area contributed by atoms with Crippen LogP contribution in [0.5, 0.6) is 0 Å². The molecule has 0 aliphatic carbocycles. The molecule has 0 fully saturated rings. The molecule has 0 spiro atoms. The van der Waals surface area contributed by atoms with Gasteiger partial charge in [0.1, 0.15) is 5.82 Å². The van der Waals surface area contributed by atoms with Gasteiger partial charge in [-0.1, -0.05) is 37.3 Å². The van der Waals surface area contributed by atoms with E-state index in [9.17, 15) is 13.5 Å². The van der Waals surface area contributed by atoms with Crippen LogP contribution in [-0.2, 0) is 22.0 Å². The van der Waals surface area contributed by atoms with Crippen molar-refractivity contribution in [3.8, 4) is 0 Å². The third-order valence-corrected chi connectivity index (χ3v) is 4.82. The summed E-state index contributed by atoms with van der Waals surface area (Å²) in [5.74, 6) is 0.598. The van der Waals surface area contributed by atoms with Crippen LogP contribution in [0.1, 0.15) is 25.2 Å². The SMILES string of the molecule is CCc1ncc(S(=O)(=O)NC(C)(CO)c2ccccc2)[nH]1. The van der Waals surface area contributed by atoms with Gasteiger partial charge in [-0.05, 0) is 12.5 Å². The van der Waals surface area contributed by atoms with Gasteiger partial charge in [-0.3, -0.25) is 0 Å². The van der Waals surface area contributed by atoms with Gasteiger partial charge in [0.05, 0.1) is 18.3 Å². The van der Waals surface area contributed by atoms with E-state index >= 15 is 0 Å². The molecular weight excluding hydrogens is 290 g/mol. The van der Waals surface area contributed by atoms with Crippen molar-refractivity contribution in [2.75, 3.05) is 6.61 Å².